The lowest BCUT2D eigenvalue weighted by atomic mass is 10.0. The minimum atomic E-state index is -0.904. The van der Waals surface area contributed by atoms with Crippen LogP contribution >= 0.6 is 0 Å². The van der Waals surface area contributed by atoms with E-state index in [4.69, 9.17) is 0 Å². The highest BCUT2D eigenvalue weighted by atomic mass is 16.2. The van der Waals surface area contributed by atoms with Crippen molar-refractivity contribution in [1.82, 2.24) is 4.90 Å². The molecule has 152 valence electrons. The van der Waals surface area contributed by atoms with Crippen LogP contribution in [0.5, 0.6) is 0 Å². The maximum atomic E-state index is 13.2. The van der Waals surface area contributed by atoms with Crippen molar-refractivity contribution in [3.05, 3.63) is 60.2 Å². The van der Waals surface area contributed by atoms with Gasteiger partial charge in [0.2, 0.25) is 11.8 Å². The summed E-state index contributed by atoms with van der Waals surface area (Å²) >= 11 is 0. The summed E-state index contributed by atoms with van der Waals surface area (Å²) in [5.74, 6) is -0.238. The molecule has 5 heteroatoms. The molecule has 1 aliphatic heterocycles. The first-order valence-corrected chi connectivity index (χ1v) is 10.6. The van der Waals surface area contributed by atoms with Crippen LogP contribution in [0.15, 0.2) is 54.6 Å². The number of nitrogens with zero attached hydrogens (tertiary/aromatic N) is 2. The molecule has 1 heterocycles. The minimum Gasteiger partial charge on any atom is -0.372 e. The van der Waals surface area contributed by atoms with Gasteiger partial charge >= 0.3 is 0 Å². The lowest BCUT2D eigenvalue weighted by Gasteiger charge is -2.26. The van der Waals surface area contributed by atoms with E-state index in [1.165, 1.54) is 18.5 Å². The second kappa shape index (κ2) is 8.27. The summed E-state index contributed by atoms with van der Waals surface area (Å²) in [5.41, 5.74) is 2.12. The summed E-state index contributed by atoms with van der Waals surface area (Å²) < 4.78 is 0. The van der Waals surface area contributed by atoms with Gasteiger partial charge in [-0.3, -0.25) is 9.59 Å². The number of carbonyl (C=O) groups is 2. The number of carbonyl (C=O) groups excluding carboxylic acids is 2. The number of amides is 2. The SMILES string of the molecule is CCN(Cc1ccccc1)C(=O)C1(C(=O)Nc2ccc(N3CCCC3)cc2)CC1. The fourth-order valence-electron chi connectivity index (χ4n) is 4.08. The van der Waals surface area contributed by atoms with E-state index in [2.05, 4.69) is 22.3 Å². The Bertz CT molecular complexity index is 853. The normalized spacial score (nSPS) is 17.1. The number of benzene rings is 2. The summed E-state index contributed by atoms with van der Waals surface area (Å²) in [7, 11) is 0. The quantitative estimate of drug-likeness (QED) is 0.725. The Morgan fingerprint density at radius 3 is 2.24 bits per heavy atom. The molecule has 0 radical (unpaired) electrons. The van der Waals surface area contributed by atoms with Crippen molar-refractivity contribution in [2.75, 3.05) is 29.9 Å². The van der Waals surface area contributed by atoms with Crippen LogP contribution in [-0.4, -0.2) is 36.3 Å². The van der Waals surface area contributed by atoms with E-state index in [9.17, 15) is 9.59 Å². The molecule has 1 saturated heterocycles. The van der Waals surface area contributed by atoms with E-state index in [1.807, 2.05) is 49.4 Å². The van der Waals surface area contributed by atoms with E-state index in [0.29, 0.717) is 25.9 Å². The van der Waals surface area contributed by atoms with Gasteiger partial charge in [0.25, 0.3) is 0 Å². The molecule has 5 nitrogen and oxygen atoms in total. The van der Waals surface area contributed by atoms with E-state index >= 15 is 0 Å². The van der Waals surface area contributed by atoms with Crippen LogP contribution in [0.25, 0.3) is 0 Å². The first kappa shape index (κ1) is 19.5. The zero-order valence-electron chi connectivity index (χ0n) is 17.1. The predicted octanol–water partition coefficient (Wildman–Crippen LogP) is 4.05. The Balaban J connectivity index is 1.41. The number of anilines is 2. The van der Waals surface area contributed by atoms with Crippen molar-refractivity contribution in [1.29, 1.82) is 0 Å². The maximum Gasteiger partial charge on any atom is 0.240 e. The second-order valence-corrected chi connectivity index (χ2v) is 8.08. The fraction of sp³-hybridized carbons (Fsp3) is 0.417. The van der Waals surface area contributed by atoms with Crippen molar-refractivity contribution in [3.8, 4) is 0 Å². The van der Waals surface area contributed by atoms with Crippen molar-refractivity contribution >= 4 is 23.2 Å². The van der Waals surface area contributed by atoms with E-state index in [0.717, 1.165) is 24.3 Å². The van der Waals surface area contributed by atoms with Crippen LogP contribution in [-0.2, 0) is 16.1 Å². The van der Waals surface area contributed by atoms with Gasteiger partial charge in [0.15, 0.2) is 0 Å². The largest absolute Gasteiger partial charge is 0.372 e. The van der Waals surface area contributed by atoms with Gasteiger partial charge in [0.1, 0.15) is 5.41 Å². The van der Waals surface area contributed by atoms with E-state index < -0.39 is 5.41 Å². The zero-order chi connectivity index (χ0) is 20.3. The maximum absolute atomic E-state index is 13.2. The highest BCUT2D eigenvalue weighted by Crippen LogP contribution is 2.48. The number of hydrogen-bond acceptors (Lipinski definition) is 3. The molecule has 4 rings (SSSR count). The van der Waals surface area contributed by atoms with Gasteiger partial charge in [0, 0.05) is 37.6 Å². The summed E-state index contributed by atoms with van der Waals surface area (Å²) in [6.07, 6.45) is 3.71. The Morgan fingerprint density at radius 1 is 1.00 bits per heavy atom. The van der Waals surface area contributed by atoms with Crippen molar-refractivity contribution < 1.29 is 9.59 Å². The molecule has 1 aliphatic carbocycles. The molecule has 0 atom stereocenters. The molecular formula is C24H29N3O2. The first-order chi connectivity index (χ1) is 14.1. The molecule has 0 spiro atoms. The Hall–Kier alpha value is -2.82. The van der Waals surface area contributed by atoms with Gasteiger partial charge in [-0.15, -0.1) is 0 Å². The lowest BCUT2D eigenvalue weighted by molar-refractivity contribution is -0.142. The summed E-state index contributed by atoms with van der Waals surface area (Å²) in [6.45, 7) is 5.28. The standard InChI is InChI=1S/C24H29N3O2/c1-2-26(18-19-8-4-3-5-9-19)23(29)24(14-15-24)22(28)25-20-10-12-21(13-11-20)27-16-6-7-17-27/h3-5,8-13H,2,6-7,14-18H2,1H3,(H,25,28). The third-order valence-corrected chi connectivity index (χ3v) is 6.08. The lowest BCUT2D eigenvalue weighted by Crippen LogP contribution is -2.42. The molecule has 1 saturated carbocycles. The first-order valence-electron chi connectivity index (χ1n) is 10.6. The average molecular weight is 392 g/mol. The third kappa shape index (κ3) is 4.14. The molecule has 2 aromatic rings. The molecule has 2 aliphatic rings. The molecule has 0 bridgehead atoms. The van der Waals surface area contributed by atoms with Gasteiger partial charge in [-0.25, -0.2) is 0 Å². The molecule has 2 aromatic carbocycles. The van der Waals surface area contributed by atoms with Crippen LogP contribution in [0.2, 0.25) is 0 Å². The summed E-state index contributed by atoms with van der Waals surface area (Å²) in [6, 6.07) is 17.9. The molecular weight excluding hydrogens is 362 g/mol. The van der Waals surface area contributed by atoms with E-state index in [1.54, 1.807) is 4.90 Å². The van der Waals surface area contributed by atoms with Gasteiger partial charge in [0.05, 0.1) is 0 Å². The van der Waals surface area contributed by atoms with Crippen LogP contribution in [0.3, 0.4) is 0 Å². The van der Waals surface area contributed by atoms with Crippen LogP contribution in [0.4, 0.5) is 11.4 Å². The van der Waals surface area contributed by atoms with Crippen LogP contribution in [0.1, 0.15) is 38.2 Å². The summed E-state index contributed by atoms with van der Waals surface area (Å²) in [5, 5.41) is 2.98. The molecule has 1 N–H and O–H groups in total. The minimum absolute atomic E-state index is 0.0601. The molecule has 0 aromatic heterocycles. The van der Waals surface area contributed by atoms with Gasteiger partial charge < -0.3 is 15.1 Å². The number of rotatable bonds is 7. The zero-order valence-corrected chi connectivity index (χ0v) is 17.1. The van der Waals surface area contributed by atoms with E-state index in [-0.39, 0.29) is 11.8 Å². The van der Waals surface area contributed by atoms with Gasteiger partial charge in [-0.05, 0) is 62.4 Å². The molecule has 29 heavy (non-hydrogen) atoms. The topological polar surface area (TPSA) is 52.7 Å². The van der Waals surface area contributed by atoms with Crippen molar-refractivity contribution in [2.45, 2.75) is 39.2 Å². The van der Waals surface area contributed by atoms with Crippen molar-refractivity contribution in [2.24, 2.45) is 5.41 Å². The Kier molecular flexibility index (Phi) is 5.56. The Morgan fingerprint density at radius 2 is 1.66 bits per heavy atom. The Labute approximate surface area is 172 Å². The highest BCUT2D eigenvalue weighted by Gasteiger charge is 2.57. The molecule has 2 fully saturated rings. The fourth-order valence-corrected chi connectivity index (χ4v) is 4.08. The second-order valence-electron chi connectivity index (χ2n) is 8.08. The highest BCUT2D eigenvalue weighted by molar-refractivity contribution is 6.13. The summed E-state index contributed by atoms with van der Waals surface area (Å²) in [4.78, 5) is 30.3. The number of nitrogens with one attached hydrogen (secondary N) is 1. The van der Waals surface area contributed by atoms with Crippen LogP contribution < -0.4 is 10.2 Å². The third-order valence-electron chi connectivity index (χ3n) is 6.08. The van der Waals surface area contributed by atoms with Gasteiger partial charge in [-0.2, -0.15) is 0 Å². The molecule has 2 amide bonds. The number of hydrogen-bond donors (Lipinski definition) is 1. The smallest absolute Gasteiger partial charge is 0.240 e. The predicted molar refractivity (Wildman–Crippen MR) is 116 cm³/mol. The monoisotopic (exact) mass is 391 g/mol. The van der Waals surface area contributed by atoms with Crippen molar-refractivity contribution in [3.63, 3.8) is 0 Å². The molecule has 0 unspecified atom stereocenters. The van der Waals surface area contributed by atoms with Gasteiger partial charge in [-0.1, -0.05) is 30.3 Å². The average Bonchev–Trinajstić information content (AvgIpc) is 3.40. The van der Waals surface area contributed by atoms with Crippen LogP contribution in [0, 0.1) is 5.41 Å².